The van der Waals surface area contributed by atoms with Crippen LogP contribution in [0.3, 0.4) is 0 Å². The number of aliphatic hydroxyl groups is 1. The second-order valence-corrected chi connectivity index (χ2v) is 3.89. The molecule has 0 radical (unpaired) electrons. The van der Waals surface area contributed by atoms with Gasteiger partial charge in [0.05, 0.1) is 0 Å². The lowest BCUT2D eigenvalue weighted by Gasteiger charge is -2.20. The van der Waals surface area contributed by atoms with E-state index in [0.29, 0.717) is 5.92 Å². The summed E-state index contributed by atoms with van der Waals surface area (Å²) in [4.78, 5) is 10.5. The van der Waals surface area contributed by atoms with Crippen molar-refractivity contribution in [2.75, 3.05) is 13.1 Å². The molecule has 0 bridgehead atoms. The third kappa shape index (κ3) is 4.58. The molecule has 0 fully saturated rings. The van der Waals surface area contributed by atoms with Gasteiger partial charge in [-0.3, -0.25) is 0 Å². The van der Waals surface area contributed by atoms with Crippen LogP contribution < -0.4 is 5.32 Å². The van der Waals surface area contributed by atoms with Crippen LogP contribution in [0.4, 0.5) is 0 Å². The number of hydrogen-bond acceptors (Lipinski definition) is 3. The zero-order valence-corrected chi connectivity index (χ0v) is 9.21. The highest BCUT2D eigenvalue weighted by Crippen LogP contribution is 2.06. The third-order valence-corrected chi connectivity index (χ3v) is 2.52. The minimum Gasteiger partial charge on any atom is -0.479 e. The topological polar surface area (TPSA) is 69.6 Å². The summed E-state index contributed by atoms with van der Waals surface area (Å²) in [6, 6.07) is 0. The van der Waals surface area contributed by atoms with E-state index in [0.717, 1.165) is 19.4 Å². The lowest BCUT2D eigenvalue weighted by Crippen LogP contribution is -2.45. The van der Waals surface area contributed by atoms with Gasteiger partial charge in [-0.15, -0.1) is 0 Å². The summed E-state index contributed by atoms with van der Waals surface area (Å²) in [6.45, 7) is 6.36. The fraction of sp³-hybridized carbons (Fsp3) is 0.900. The van der Waals surface area contributed by atoms with E-state index in [9.17, 15) is 9.90 Å². The molecule has 1 atom stereocenters. The first kappa shape index (κ1) is 13.4. The lowest BCUT2D eigenvalue weighted by molar-refractivity contribution is -0.156. The predicted octanol–water partition coefficient (Wildman–Crippen LogP) is 0.848. The average molecular weight is 203 g/mol. The number of carboxylic acid groups (broad SMARTS) is 1. The first-order valence-corrected chi connectivity index (χ1v) is 5.10. The number of hydrogen-bond donors (Lipinski definition) is 3. The molecule has 0 heterocycles. The van der Waals surface area contributed by atoms with Crippen LogP contribution in [0, 0.1) is 5.92 Å². The number of carbonyl (C=O) groups is 1. The second-order valence-electron chi connectivity index (χ2n) is 3.89. The molecule has 84 valence electrons. The Kier molecular flexibility index (Phi) is 5.72. The molecular weight excluding hydrogens is 182 g/mol. The van der Waals surface area contributed by atoms with Gasteiger partial charge in [0.2, 0.25) is 0 Å². The van der Waals surface area contributed by atoms with Crippen LogP contribution in [0.15, 0.2) is 0 Å². The van der Waals surface area contributed by atoms with Crippen LogP contribution in [0.2, 0.25) is 0 Å². The minimum atomic E-state index is -1.66. The highest BCUT2D eigenvalue weighted by Gasteiger charge is 2.29. The number of aliphatic carboxylic acids is 1. The normalized spacial score (nSPS) is 15.5. The standard InChI is InChI=1S/C10H21NO3/c1-4-8(5-2)6-11-7-10(3,14)9(12)13/h8,11,14H,4-7H2,1-3H3,(H,12,13). The molecule has 0 aliphatic heterocycles. The Morgan fingerprint density at radius 2 is 1.93 bits per heavy atom. The van der Waals surface area contributed by atoms with Crippen molar-refractivity contribution >= 4 is 5.97 Å². The Labute approximate surface area is 85.3 Å². The molecule has 0 aromatic carbocycles. The summed E-state index contributed by atoms with van der Waals surface area (Å²) in [5.41, 5.74) is -1.66. The lowest BCUT2D eigenvalue weighted by atomic mass is 10.0. The molecule has 1 unspecified atom stereocenters. The van der Waals surface area contributed by atoms with E-state index in [4.69, 9.17) is 5.11 Å². The van der Waals surface area contributed by atoms with E-state index in [1.54, 1.807) is 0 Å². The summed E-state index contributed by atoms with van der Waals surface area (Å²) in [6.07, 6.45) is 2.14. The number of carboxylic acids is 1. The van der Waals surface area contributed by atoms with E-state index in [-0.39, 0.29) is 6.54 Å². The number of rotatable bonds is 7. The van der Waals surface area contributed by atoms with Gasteiger partial charge in [-0.25, -0.2) is 4.79 Å². The molecule has 0 spiro atoms. The second kappa shape index (κ2) is 5.98. The first-order valence-electron chi connectivity index (χ1n) is 5.10. The van der Waals surface area contributed by atoms with Crippen LogP contribution in [-0.2, 0) is 4.79 Å². The van der Waals surface area contributed by atoms with Crippen molar-refractivity contribution in [3.63, 3.8) is 0 Å². The van der Waals surface area contributed by atoms with Gasteiger partial charge in [0, 0.05) is 6.54 Å². The zero-order valence-electron chi connectivity index (χ0n) is 9.21. The fourth-order valence-electron chi connectivity index (χ4n) is 1.17. The molecule has 0 saturated heterocycles. The van der Waals surface area contributed by atoms with Crippen molar-refractivity contribution in [3.8, 4) is 0 Å². The average Bonchev–Trinajstić information content (AvgIpc) is 2.12. The summed E-state index contributed by atoms with van der Waals surface area (Å²) in [5, 5.41) is 21.0. The largest absolute Gasteiger partial charge is 0.479 e. The van der Waals surface area contributed by atoms with Gasteiger partial charge >= 0.3 is 5.97 Å². The van der Waals surface area contributed by atoms with Crippen molar-refractivity contribution in [2.24, 2.45) is 5.92 Å². The third-order valence-electron chi connectivity index (χ3n) is 2.52. The molecule has 3 N–H and O–H groups in total. The molecule has 0 aliphatic rings. The van der Waals surface area contributed by atoms with E-state index in [1.807, 2.05) is 0 Å². The smallest absolute Gasteiger partial charge is 0.336 e. The predicted molar refractivity (Wildman–Crippen MR) is 55.2 cm³/mol. The molecule has 14 heavy (non-hydrogen) atoms. The van der Waals surface area contributed by atoms with Gasteiger partial charge < -0.3 is 15.5 Å². The molecule has 0 rings (SSSR count). The molecule has 4 nitrogen and oxygen atoms in total. The SMILES string of the molecule is CCC(CC)CNCC(C)(O)C(=O)O. The van der Waals surface area contributed by atoms with Crippen molar-refractivity contribution in [1.82, 2.24) is 5.32 Å². The van der Waals surface area contributed by atoms with Gasteiger partial charge in [0.25, 0.3) is 0 Å². The van der Waals surface area contributed by atoms with E-state index in [2.05, 4.69) is 19.2 Å². The summed E-state index contributed by atoms with van der Waals surface area (Å²) in [7, 11) is 0. The van der Waals surface area contributed by atoms with Crippen LogP contribution >= 0.6 is 0 Å². The Balaban J connectivity index is 3.78. The summed E-state index contributed by atoms with van der Waals surface area (Å²) >= 11 is 0. The molecule has 0 amide bonds. The Morgan fingerprint density at radius 1 is 1.43 bits per heavy atom. The highest BCUT2D eigenvalue weighted by atomic mass is 16.4. The van der Waals surface area contributed by atoms with E-state index >= 15 is 0 Å². The van der Waals surface area contributed by atoms with Gasteiger partial charge in [0.15, 0.2) is 5.60 Å². The number of nitrogens with one attached hydrogen (secondary N) is 1. The highest BCUT2D eigenvalue weighted by molar-refractivity contribution is 5.76. The Morgan fingerprint density at radius 3 is 2.29 bits per heavy atom. The van der Waals surface area contributed by atoms with Crippen LogP contribution in [0.1, 0.15) is 33.6 Å². The maximum Gasteiger partial charge on any atom is 0.336 e. The minimum absolute atomic E-state index is 0.0961. The van der Waals surface area contributed by atoms with E-state index < -0.39 is 11.6 Å². The first-order chi connectivity index (χ1) is 6.44. The summed E-state index contributed by atoms with van der Waals surface area (Å²) < 4.78 is 0. The maximum absolute atomic E-state index is 10.5. The van der Waals surface area contributed by atoms with Crippen molar-refractivity contribution in [1.29, 1.82) is 0 Å². The molecule has 0 aromatic heterocycles. The fourth-order valence-corrected chi connectivity index (χ4v) is 1.17. The summed E-state index contributed by atoms with van der Waals surface area (Å²) in [5.74, 6) is -0.630. The molecule has 0 aromatic rings. The van der Waals surface area contributed by atoms with Crippen molar-refractivity contribution in [3.05, 3.63) is 0 Å². The Bertz CT molecular complexity index is 176. The quantitative estimate of drug-likeness (QED) is 0.573. The van der Waals surface area contributed by atoms with Gasteiger partial charge in [-0.2, -0.15) is 0 Å². The maximum atomic E-state index is 10.5. The van der Waals surface area contributed by atoms with Crippen LogP contribution in [0.25, 0.3) is 0 Å². The van der Waals surface area contributed by atoms with Crippen molar-refractivity contribution < 1.29 is 15.0 Å². The van der Waals surface area contributed by atoms with Gasteiger partial charge in [0.1, 0.15) is 0 Å². The van der Waals surface area contributed by atoms with Gasteiger partial charge in [-0.05, 0) is 19.4 Å². The molecule has 0 saturated carbocycles. The van der Waals surface area contributed by atoms with Crippen LogP contribution in [0.5, 0.6) is 0 Å². The Hall–Kier alpha value is -0.610. The van der Waals surface area contributed by atoms with E-state index in [1.165, 1.54) is 6.92 Å². The monoisotopic (exact) mass is 203 g/mol. The zero-order chi connectivity index (χ0) is 11.2. The van der Waals surface area contributed by atoms with Gasteiger partial charge in [-0.1, -0.05) is 26.7 Å². The molecular formula is C10H21NO3. The molecule has 0 aliphatic carbocycles. The van der Waals surface area contributed by atoms with Crippen molar-refractivity contribution in [2.45, 2.75) is 39.2 Å². The molecule has 4 heteroatoms. The van der Waals surface area contributed by atoms with Crippen LogP contribution in [-0.4, -0.2) is 34.9 Å².